The zero-order valence-corrected chi connectivity index (χ0v) is 9.57. The van der Waals surface area contributed by atoms with Gasteiger partial charge in [-0.1, -0.05) is 12.1 Å². The molecule has 1 saturated heterocycles. The van der Waals surface area contributed by atoms with E-state index in [0.29, 0.717) is 6.42 Å². The van der Waals surface area contributed by atoms with Gasteiger partial charge in [-0.3, -0.25) is 4.79 Å². The van der Waals surface area contributed by atoms with Gasteiger partial charge < -0.3 is 21.6 Å². The molecule has 6 heteroatoms. The van der Waals surface area contributed by atoms with Gasteiger partial charge in [-0.05, 0) is 19.3 Å². The van der Waals surface area contributed by atoms with Crippen molar-refractivity contribution in [2.75, 3.05) is 6.54 Å². The Hall–Kier alpha value is -1.30. The predicted molar refractivity (Wildman–Crippen MR) is 61.3 cm³/mol. The van der Waals surface area contributed by atoms with Crippen molar-refractivity contribution in [2.24, 2.45) is 10.9 Å². The van der Waals surface area contributed by atoms with E-state index in [1.807, 2.05) is 6.92 Å². The van der Waals surface area contributed by atoms with Crippen LogP contribution >= 0.6 is 0 Å². The summed E-state index contributed by atoms with van der Waals surface area (Å²) in [7, 11) is 0. The van der Waals surface area contributed by atoms with Crippen LogP contribution in [0.15, 0.2) is 5.16 Å². The van der Waals surface area contributed by atoms with Crippen LogP contribution in [0.25, 0.3) is 0 Å². The first-order valence-corrected chi connectivity index (χ1v) is 5.67. The molecule has 5 N–H and O–H groups in total. The Bertz CT molecular complexity index is 268. The first-order valence-electron chi connectivity index (χ1n) is 5.67. The average molecular weight is 228 g/mol. The molecule has 1 aliphatic rings. The number of piperidine rings is 1. The summed E-state index contributed by atoms with van der Waals surface area (Å²) in [5.41, 5.74) is 5.45. The number of amides is 1. The highest BCUT2D eigenvalue weighted by Gasteiger charge is 2.24. The van der Waals surface area contributed by atoms with Crippen molar-refractivity contribution < 1.29 is 10.0 Å². The molecule has 0 aromatic carbocycles. The lowest BCUT2D eigenvalue weighted by Gasteiger charge is -2.27. The molecule has 0 aliphatic carbocycles. The summed E-state index contributed by atoms with van der Waals surface area (Å²) in [6.45, 7) is 2.76. The second-order valence-corrected chi connectivity index (χ2v) is 4.05. The summed E-state index contributed by atoms with van der Waals surface area (Å²) >= 11 is 0. The van der Waals surface area contributed by atoms with Gasteiger partial charge in [-0.15, -0.1) is 0 Å². The molecule has 16 heavy (non-hydrogen) atoms. The molecule has 1 rings (SSSR count). The summed E-state index contributed by atoms with van der Waals surface area (Å²) in [6.07, 6.45) is 3.12. The monoisotopic (exact) mass is 228 g/mol. The molecule has 0 radical (unpaired) electrons. The highest BCUT2D eigenvalue weighted by atomic mass is 16.4. The maximum atomic E-state index is 11.5. The Labute approximate surface area is 95.3 Å². The zero-order valence-electron chi connectivity index (χ0n) is 9.57. The lowest BCUT2D eigenvalue weighted by Crippen LogP contribution is -2.52. The quantitative estimate of drug-likeness (QED) is 0.226. The third kappa shape index (κ3) is 3.69. The van der Waals surface area contributed by atoms with E-state index in [1.165, 1.54) is 0 Å². The van der Waals surface area contributed by atoms with Gasteiger partial charge in [0.15, 0.2) is 0 Å². The third-order valence-corrected chi connectivity index (χ3v) is 2.80. The van der Waals surface area contributed by atoms with Crippen LogP contribution < -0.4 is 16.4 Å². The third-order valence-electron chi connectivity index (χ3n) is 2.80. The number of rotatable bonds is 5. The number of hydrogen-bond acceptors (Lipinski definition) is 4. The Morgan fingerprint density at radius 3 is 3.12 bits per heavy atom. The average Bonchev–Trinajstić information content (AvgIpc) is 2.30. The highest BCUT2D eigenvalue weighted by Crippen LogP contribution is 2.07. The van der Waals surface area contributed by atoms with Crippen molar-refractivity contribution in [1.82, 2.24) is 10.6 Å². The molecule has 0 saturated carbocycles. The van der Waals surface area contributed by atoms with E-state index >= 15 is 0 Å². The van der Waals surface area contributed by atoms with Crippen molar-refractivity contribution in [3.63, 3.8) is 0 Å². The van der Waals surface area contributed by atoms with Crippen LogP contribution in [0.3, 0.4) is 0 Å². The molecule has 0 bridgehead atoms. The minimum Gasteiger partial charge on any atom is -0.409 e. The lowest BCUT2D eigenvalue weighted by molar-refractivity contribution is -0.124. The van der Waals surface area contributed by atoms with Gasteiger partial charge in [0.1, 0.15) is 5.84 Å². The van der Waals surface area contributed by atoms with Gasteiger partial charge in [0, 0.05) is 19.0 Å². The van der Waals surface area contributed by atoms with Crippen molar-refractivity contribution in [3.05, 3.63) is 0 Å². The van der Waals surface area contributed by atoms with E-state index in [-0.39, 0.29) is 23.8 Å². The molecule has 1 amide bonds. The second-order valence-electron chi connectivity index (χ2n) is 4.05. The van der Waals surface area contributed by atoms with Gasteiger partial charge in [-0.2, -0.15) is 0 Å². The maximum Gasteiger partial charge on any atom is 0.237 e. The molecule has 92 valence electrons. The van der Waals surface area contributed by atoms with Gasteiger partial charge in [0.2, 0.25) is 5.91 Å². The fourth-order valence-electron chi connectivity index (χ4n) is 1.83. The molecule has 1 heterocycles. The first kappa shape index (κ1) is 12.8. The van der Waals surface area contributed by atoms with Crippen LogP contribution in [0, 0.1) is 0 Å². The highest BCUT2D eigenvalue weighted by molar-refractivity contribution is 5.83. The summed E-state index contributed by atoms with van der Waals surface area (Å²) in [4.78, 5) is 11.5. The Morgan fingerprint density at radius 2 is 2.56 bits per heavy atom. The van der Waals surface area contributed by atoms with Crippen LogP contribution in [0.4, 0.5) is 0 Å². The molecular weight excluding hydrogens is 208 g/mol. The van der Waals surface area contributed by atoms with Crippen molar-refractivity contribution in [1.29, 1.82) is 0 Å². The number of amidine groups is 1. The standard InChI is InChI=1S/C10H20N4O2/c1-2-7(6-9(11)14-16)13-8-4-3-5-12-10(8)15/h7-8,13,16H,2-6H2,1H3,(H2,11,14)(H,12,15). The number of carbonyl (C=O) groups is 1. The largest absolute Gasteiger partial charge is 0.409 e. The van der Waals surface area contributed by atoms with E-state index in [4.69, 9.17) is 10.9 Å². The molecule has 2 atom stereocenters. The summed E-state index contributed by atoms with van der Waals surface area (Å²) in [5, 5.41) is 17.5. The Morgan fingerprint density at radius 1 is 1.81 bits per heavy atom. The fraction of sp³-hybridized carbons (Fsp3) is 0.800. The normalized spacial score (nSPS) is 23.9. The number of nitrogens with zero attached hydrogens (tertiary/aromatic N) is 1. The van der Waals surface area contributed by atoms with E-state index in [0.717, 1.165) is 25.8 Å². The molecule has 0 aromatic rings. The zero-order chi connectivity index (χ0) is 12.0. The van der Waals surface area contributed by atoms with E-state index in [1.54, 1.807) is 0 Å². The first-order chi connectivity index (χ1) is 7.67. The van der Waals surface area contributed by atoms with Gasteiger partial charge >= 0.3 is 0 Å². The molecular formula is C10H20N4O2. The molecule has 1 fully saturated rings. The van der Waals surface area contributed by atoms with Crippen LogP contribution in [-0.4, -0.2) is 35.6 Å². The van der Waals surface area contributed by atoms with Crippen LogP contribution in [0.2, 0.25) is 0 Å². The molecule has 0 spiro atoms. The van der Waals surface area contributed by atoms with Gasteiger partial charge in [0.05, 0.1) is 6.04 Å². The van der Waals surface area contributed by atoms with E-state index < -0.39 is 0 Å². The molecule has 1 aliphatic heterocycles. The Balaban J connectivity index is 2.45. The summed E-state index contributed by atoms with van der Waals surface area (Å²) < 4.78 is 0. The lowest BCUT2D eigenvalue weighted by atomic mass is 10.0. The van der Waals surface area contributed by atoms with Gasteiger partial charge in [-0.25, -0.2) is 0 Å². The Kier molecular flexibility index (Phi) is 5.04. The van der Waals surface area contributed by atoms with Gasteiger partial charge in [0.25, 0.3) is 0 Å². The van der Waals surface area contributed by atoms with Crippen LogP contribution in [-0.2, 0) is 4.79 Å². The molecule has 2 unspecified atom stereocenters. The molecule has 0 aromatic heterocycles. The number of hydrogen-bond donors (Lipinski definition) is 4. The fourth-order valence-corrected chi connectivity index (χ4v) is 1.83. The number of carbonyl (C=O) groups excluding carboxylic acids is 1. The van der Waals surface area contributed by atoms with E-state index in [9.17, 15) is 4.79 Å². The summed E-state index contributed by atoms with van der Waals surface area (Å²) in [6, 6.07) is -0.0741. The SMILES string of the molecule is CCC(CC(N)=NO)NC1CCCNC1=O. The number of oxime groups is 1. The molecule has 6 nitrogen and oxygen atoms in total. The van der Waals surface area contributed by atoms with Crippen molar-refractivity contribution in [2.45, 2.75) is 44.7 Å². The topological polar surface area (TPSA) is 99.7 Å². The van der Waals surface area contributed by atoms with Crippen molar-refractivity contribution in [3.8, 4) is 0 Å². The second kappa shape index (κ2) is 6.32. The minimum atomic E-state index is -0.148. The summed E-state index contributed by atoms with van der Waals surface area (Å²) in [5.74, 6) is 0.236. The number of nitrogens with two attached hydrogens (primary N) is 1. The number of nitrogens with one attached hydrogen (secondary N) is 2. The van der Waals surface area contributed by atoms with Crippen LogP contribution in [0.5, 0.6) is 0 Å². The maximum absolute atomic E-state index is 11.5. The van der Waals surface area contributed by atoms with Crippen molar-refractivity contribution >= 4 is 11.7 Å². The minimum absolute atomic E-state index is 0.0456. The van der Waals surface area contributed by atoms with Crippen LogP contribution in [0.1, 0.15) is 32.6 Å². The smallest absolute Gasteiger partial charge is 0.237 e. The van der Waals surface area contributed by atoms with E-state index in [2.05, 4.69) is 15.8 Å². The predicted octanol–water partition coefficient (Wildman–Crippen LogP) is -0.230.